The Morgan fingerprint density at radius 2 is 2.45 bits per heavy atom. The van der Waals surface area contributed by atoms with E-state index in [4.69, 9.17) is 0 Å². The Bertz CT molecular complexity index is 197. The molecule has 0 aromatic carbocycles. The van der Waals surface area contributed by atoms with Crippen LogP contribution >= 0.6 is 11.3 Å². The van der Waals surface area contributed by atoms with Crippen molar-refractivity contribution in [3.8, 4) is 0 Å². The zero-order chi connectivity index (χ0) is 7.52. The maximum atomic E-state index is 2.38. The summed E-state index contributed by atoms with van der Waals surface area (Å²) in [7, 11) is 0. The van der Waals surface area contributed by atoms with E-state index in [9.17, 15) is 0 Å². The van der Waals surface area contributed by atoms with Gasteiger partial charge in [-0.05, 0) is 23.8 Å². The van der Waals surface area contributed by atoms with Gasteiger partial charge in [-0.3, -0.25) is 0 Å². The quantitative estimate of drug-likeness (QED) is 0.643. The van der Waals surface area contributed by atoms with Crippen LogP contribution in [0.1, 0.15) is 30.6 Å². The highest BCUT2D eigenvalue weighted by Crippen LogP contribution is 2.31. The predicted molar refractivity (Wildman–Crippen MR) is 49.7 cm³/mol. The van der Waals surface area contributed by atoms with Crippen molar-refractivity contribution in [1.29, 1.82) is 0 Å². The lowest BCUT2D eigenvalue weighted by Crippen LogP contribution is -2.10. The molecule has 1 heteroatoms. The van der Waals surface area contributed by atoms with Gasteiger partial charge in [-0.2, -0.15) is 0 Å². The van der Waals surface area contributed by atoms with Crippen LogP contribution in [0.5, 0.6) is 0 Å². The second kappa shape index (κ2) is 3.40. The monoisotopic (exact) mass is 165 g/mol. The Kier molecular flexibility index (Phi) is 2.27. The van der Waals surface area contributed by atoms with E-state index >= 15 is 0 Å². The van der Waals surface area contributed by atoms with Crippen LogP contribution in [0.15, 0.2) is 17.5 Å². The summed E-state index contributed by atoms with van der Waals surface area (Å²) in [6.07, 6.45) is 8.07. The van der Waals surface area contributed by atoms with Gasteiger partial charge in [0.25, 0.3) is 0 Å². The van der Waals surface area contributed by atoms with E-state index in [1.54, 1.807) is 0 Å². The normalized spacial score (nSPS) is 18.2. The van der Waals surface area contributed by atoms with E-state index in [-0.39, 0.29) is 0 Å². The minimum absolute atomic E-state index is 1.01. The lowest BCUT2D eigenvalue weighted by atomic mass is 9.82. The molecule has 0 spiro atoms. The molecule has 1 aromatic heterocycles. The van der Waals surface area contributed by atoms with Gasteiger partial charge in [0.1, 0.15) is 0 Å². The highest BCUT2D eigenvalue weighted by Gasteiger charge is 2.16. The van der Waals surface area contributed by atoms with E-state index in [2.05, 4.69) is 23.9 Å². The predicted octanol–water partition coefficient (Wildman–Crippen LogP) is 3.49. The summed E-state index contributed by atoms with van der Waals surface area (Å²) < 4.78 is 0. The highest BCUT2D eigenvalue weighted by molar-refractivity contribution is 7.10. The average molecular weight is 165 g/mol. The van der Waals surface area contributed by atoms with Crippen LogP contribution in [0.4, 0.5) is 0 Å². The summed E-state index contributed by atoms with van der Waals surface area (Å²) in [6, 6.07) is 4.32. The number of hydrogen-bond acceptors (Lipinski definition) is 1. The first-order valence-electron chi connectivity index (χ1n) is 4.32. The van der Waals surface area contributed by atoms with Gasteiger partial charge in [-0.25, -0.2) is 0 Å². The molecule has 0 unspecified atom stereocenters. The summed E-state index contributed by atoms with van der Waals surface area (Å²) >= 11 is 1.84. The number of thiophene rings is 1. The molecule has 11 heavy (non-hydrogen) atoms. The molecule has 0 atom stereocenters. The van der Waals surface area contributed by atoms with Gasteiger partial charge in [-0.15, -0.1) is 11.3 Å². The molecule has 0 nitrogen and oxygen atoms in total. The van der Waals surface area contributed by atoms with Gasteiger partial charge in [-0.1, -0.05) is 25.3 Å². The summed E-state index contributed by atoms with van der Waals surface area (Å²) in [5.74, 6) is 1.01. The number of hydrogen-bond donors (Lipinski definition) is 0. The SMILES string of the molecule is [CH](CC1CCC1)c1cccs1. The van der Waals surface area contributed by atoms with Crippen molar-refractivity contribution < 1.29 is 0 Å². The van der Waals surface area contributed by atoms with Crippen LogP contribution in [0.25, 0.3) is 0 Å². The van der Waals surface area contributed by atoms with Crippen molar-refractivity contribution in [3.63, 3.8) is 0 Å². The standard InChI is InChI=1S/C10H13S/c1-3-9(4-1)6-7-10-5-2-8-11-10/h2,5,7-9H,1,3-4,6H2. The Morgan fingerprint density at radius 1 is 1.55 bits per heavy atom. The lowest BCUT2D eigenvalue weighted by molar-refractivity contribution is 0.314. The Morgan fingerprint density at radius 3 is 3.00 bits per heavy atom. The first-order valence-corrected chi connectivity index (χ1v) is 5.20. The van der Waals surface area contributed by atoms with Gasteiger partial charge in [0.2, 0.25) is 0 Å². The molecule has 1 heterocycles. The molecule has 0 amide bonds. The molecule has 0 bridgehead atoms. The zero-order valence-electron chi connectivity index (χ0n) is 6.62. The van der Waals surface area contributed by atoms with Gasteiger partial charge >= 0.3 is 0 Å². The van der Waals surface area contributed by atoms with E-state index < -0.39 is 0 Å². The minimum atomic E-state index is 1.01. The van der Waals surface area contributed by atoms with Crippen molar-refractivity contribution in [2.45, 2.75) is 25.7 Å². The molecule has 1 fully saturated rings. The molecular formula is C10H13S. The minimum Gasteiger partial charge on any atom is -0.149 e. The molecule has 1 aromatic rings. The second-order valence-corrected chi connectivity index (χ2v) is 4.23. The third kappa shape index (κ3) is 1.84. The first-order chi connectivity index (χ1) is 5.45. The largest absolute Gasteiger partial charge is 0.149 e. The molecule has 0 aliphatic heterocycles. The fourth-order valence-electron chi connectivity index (χ4n) is 1.42. The zero-order valence-corrected chi connectivity index (χ0v) is 7.44. The van der Waals surface area contributed by atoms with Crippen LogP contribution in [-0.4, -0.2) is 0 Å². The van der Waals surface area contributed by atoms with Crippen LogP contribution < -0.4 is 0 Å². The van der Waals surface area contributed by atoms with Crippen LogP contribution in [0.3, 0.4) is 0 Å². The fourth-order valence-corrected chi connectivity index (χ4v) is 2.08. The molecule has 0 N–H and O–H groups in total. The molecular weight excluding hydrogens is 152 g/mol. The van der Waals surface area contributed by atoms with Crippen molar-refractivity contribution in [3.05, 3.63) is 28.8 Å². The van der Waals surface area contributed by atoms with E-state index in [1.807, 2.05) is 11.3 Å². The van der Waals surface area contributed by atoms with Crippen molar-refractivity contribution in [1.82, 2.24) is 0 Å². The summed E-state index contributed by atoms with van der Waals surface area (Å²) in [5, 5.41) is 2.15. The smallest absolute Gasteiger partial charge is 0.00826 e. The maximum absolute atomic E-state index is 2.38. The average Bonchev–Trinajstić information content (AvgIpc) is 2.36. The van der Waals surface area contributed by atoms with Crippen molar-refractivity contribution >= 4 is 11.3 Å². The van der Waals surface area contributed by atoms with Crippen molar-refractivity contribution in [2.24, 2.45) is 5.92 Å². The number of rotatable bonds is 3. The molecule has 2 rings (SSSR count). The summed E-state index contributed by atoms with van der Waals surface area (Å²) in [5.41, 5.74) is 0. The third-order valence-electron chi connectivity index (χ3n) is 2.42. The molecule has 1 aliphatic carbocycles. The first kappa shape index (κ1) is 7.35. The van der Waals surface area contributed by atoms with E-state index in [1.165, 1.54) is 30.6 Å². The Labute approximate surface area is 72.3 Å². The fraction of sp³-hybridized carbons (Fsp3) is 0.500. The summed E-state index contributed by atoms with van der Waals surface area (Å²) in [4.78, 5) is 1.44. The molecule has 1 aliphatic rings. The van der Waals surface area contributed by atoms with Crippen molar-refractivity contribution in [2.75, 3.05) is 0 Å². The van der Waals surface area contributed by atoms with Gasteiger partial charge in [0.05, 0.1) is 0 Å². The Hall–Kier alpha value is -0.300. The maximum Gasteiger partial charge on any atom is 0.00826 e. The molecule has 1 radical (unpaired) electrons. The topological polar surface area (TPSA) is 0 Å². The summed E-state index contributed by atoms with van der Waals surface area (Å²) in [6.45, 7) is 0. The van der Waals surface area contributed by atoms with Crippen LogP contribution in [0.2, 0.25) is 0 Å². The Balaban J connectivity index is 1.74. The van der Waals surface area contributed by atoms with Crippen LogP contribution in [0, 0.1) is 12.3 Å². The highest BCUT2D eigenvalue weighted by atomic mass is 32.1. The second-order valence-electron chi connectivity index (χ2n) is 3.25. The van der Waals surface area contributed by atoms with Crippen LogP contribution in [-0.2, 0) is 0 Å². The van der Waals surface area contributed by atoms with Gasteiger partial charge in [0.15, 0.2) is 0 Å². The molecule has 59 valence electrons. The molecule has 0 saturated heterocycles. The third-order valence-corrected chi connectivity index (χ3v) is 3.29. The van der Waals surface area contributed by atoms with E-state index in [0.29, 0.717) is 0 Å². The molecule has 1 saturated carbocycles. The van der Waals surface area contributed by atoms with Gasteiger partial charge in [0, 0.05) is 11.3 Å². The van der Waals surface area contributed by atoms with Gasteiger partial charge < -0.3 is 0 Å². The lowest BCUT2D eigenvalue weighted by Gasteiger charge is -2.24. The van der Waals surface area contributed by atoms with E-state index in [0.717, 1.165) is 5.92 Å².